The highest BCUT2D eigenvalue weighted by atomic mass is 32.1. The summed E-state index contributed by atoms with van der Waals surface area (Å²) in [6.45, 7) is 2.52. The number of carbonyl (C=O) groups excluding carboxylic acids is 1. The zero-order valence-electron chi connectivity index (χ0n) is 11.5. The number of benzene rings is 1. The van der Waals surface area contributed by atoms with Gasteiger partial charge in [-0.3, -0.25) is 5.32 Å². The minimum atomic E-state index is -0.244. The van der Waals surface area contributed by atoms with Crippen LogP contribution in [0, 0.1) is 0 Å². The first-order valence-electron chi connectivity index (χ1n) is 6.40. The maximum atomic E-state index is 11.8. The molecule has 0 radical (unpaired) electrons. The Morgan fingerprint density at radius 1 is 1.35 bits per heavy atom. The lowest BCUT2D eigenvalue weighted by Crippen LogP contribution is -2.28. The molecular weight excluding hydrogens is 272 g/mol. The van der Waals surface area contributed by atoms with Crippen LogP contribution in [0.5, 0.6) is 0 Å². The first-order valence-corrected chi connectivity index (χ1v) is 7.28. The van der Waals surface area contributed by atoms with Crippen LogP contribution in [0.1, 0.15) is 24.2 Å². The van der Waals surface area contributed by atoms with Gasteiger partial charge in [-0.25, -0.2) is 9.78 Å². The van der Waals surface area contributed by atoms with E-state index in [1.54, 1.807) is 0 Å². The Hall–Kier alpha value is -1.92. The lowest BCUT2D eigenvalue weighted by Gasteiger charge is -2.06. The van der Waals surface area contributed by atoms with Gasteiger partial charge in [-0.2, -0.15) is 0 Å². The van der Waals surface area contributed by atoms with Gasteiger partial charge in [0.05, 0.1) is 5.69 Å². The Kier molecular flexibility index (Phi) is 5.09. The largest absolute Gasteiger partial charge is 0.334 e. The molecule has 1 aromatic heterocycles. The van der Waals surface area contributed by atoms with Crippen LogP contribution in [0.25, 0.3) is 0 Å². The van der Waals surface area contributed by atoms with E-state index in [1.165, 1.54) is 11.3 Å². The van der Waals surface area contributed by atoms with Crippen LogP contribution in [-0.2, 0) is 6.54 Å². The zero-order chi connectivity index (χ0) is 14.4. The summed E-state index contributed by atoms with van der Waals surface area (Å²) in [6, 6.07) is 9.71. The molecule has 0 saturated heterocycles. The number of hydrogen-bond acceptors (Lipinski definition) is 4. The second kappa shape index (κ2) is 7.02. The van der Waals surface area contributed by atoms with Gasteiger partial charge in [-0.1, -0.05) is 30.3 Å². The third-order valence-corrected chi connectivity index (χ3v) is 3.69. The van der Waals surface area contributed by atoms with E-state index in [1.807, 2.05) is 49.7 Å². The standard InChI is InChI=1S/C14H18N4OS/c1-10(15-2)12-9-20-14(17-12)18-13(19)16-8-11-6-4-3-5-7-11/h3-7,9-10,15H,8H2,1-2H3,(H2,16,17,18,19). The molecule has 0 aliphatic rings. The summed E-state index contributed by atoms with van der Waals surface area (Å²) < 4.78 is 0. The molecule has 0 aliphatic heterocycles. The quantitative estimate of drug-likeness (QED) is 0.793. The fourth-order valence-electron chi connectivity index (χ4n) is 1.61. The van der Waals surface area contributed by atoms with E-state index in [4.69, 9.17) is 0 Å². The van der Waals surface area contributed by atoms with E-state index in [0.717, 1.165) is 11.3 Å². The first kappa shape index (κ1) is 14.5. The Labute approximate surface area is 122 Å². The van der Waals surface area contributed by atoms with Crippen LogP contribution in [0.3, 0.4) is 0 Å². The van der Waals surface area contributed by atoms with Gasteiger partial charge < -0.3 is 10.6 Å². The summed E-state index contributed by atoms with van der Waals surface area (Å²) in [4.78, 5) is 16.1. The van der Waals surface area contributed by atoms with Gasteiger partial charge in [0.2, 0.25) is 0 Å². The fraction of sp³-hybridized carbons (Fsp3) is 0.286. The molecule has 6 heteroatoms. The highest BCUT2D eigenvalue weighted by molar-refractivity contribution is 7.13. The SMILES string of the molecule is CNC(C)c1csc(NC(=O)NCc2ccccc2)n1. The highest BCUT2D eigenvalue weighted by Crippen LogP contribution is 2.19. The Morgan fingerprint density at radius 3 is 2.80 bits per heavy atom. The number of rotatable bonds is 5. The van der Waals surface area contributed by atoms with Crippen LogP contribution in [-0.4, -0.2) is 18.1 Å². The second-order valence-electron chi connectivity index (χ2n) is 4.38. The van der Waals surface area contributed by atoms with Crippen molar-refractivity contribution in [3.63, 3.8) is 0 Å². The minimum absolute atomic E-state index is 0.175. The van der Waals surface area contributed by atoms with Gasteiger partial charge in [0.25, 0.3) is 0 Å². The molecule has 0 spiro atoms. The molecule has 0 fully saturated rings. The topological polar surface area (TPSA) is 66.0 Å². The van der Waals surface area contributed by atoms with Crippen molar-refractivity contribution in [1.82, 2.24) is 15.6 Å². The summed E-state index contributed by atoms with van der Waals surface area (Å²) in [7, 11) is 1.88. The minimum Gasteiger partial charge on any atom is -0.334 e. The van der Waals surface area contributed by atoms with Crippen molar-refractivity contribution in [2.75, 3.05) is 12.4 Å². The van der Waals surface area contributed by atoms with Crippen LogP contribution in [0.4, 0.5) is 9.93 Å². The number of carbonyl (C=O) groups is 1. The maximum absolute atomic E-state index is 11.8. The van der Waals surface area contributed by atoms with Gasteiger partial charge >= 0.3 is 6.03 Å². The van der Waals surface area contributed by atoms with Crippen LogP contribution in [0.15, 0.2) is 35.7 Å². The van der Waals surface area contributed by atoms with E-state index in [9.17, 15) is 4.79 Å². The van der Waals surface area contributed by atoms with Gasteiger partial charge in [0, 0.05) is 18.0 Å². The molecule has 1 heterocycles. The van der Waals surface area contributed by atoms with E-state index < -0.39 is 0 Å². The Morgan fingerprint density at radius 2 is 2.10 bits per heavy atom. The van der Waals surface area contributed by atoms with Crippen molar-refractivity contribution in [3.8, 4) is 0 Å². The number of nitrogens with zero attached hydrogens (tertiary/aromatic N) is 1. The van der Waals surface area contributed by atoms with E-state index >= 15 is 0 Å². The van der Waals surface area contributed by atoms with E-state index in [-0.39, 0.29) is 12.1 Å². The van der Waals surface area contributed by atoms with Crippen LogP contribution >= 0.6 is 11.3 Å². The Bertz CT molecular complexity index is 555. The van der Waals surface area contributed by atoms with E-state index in [2.05, 4.69) is 20.9 Å². The monoisotopic (exact) mass is 290 g/mol. The third-order valence-electron chi connectivity index (χ3n) is 2.91. The molecule has 0 aliphatic carbocycles. The average molecular weight is 290 g/mol. The molecule has 2 amide bonds. The normalized spacial score (nSPS) is 11.9. The lowest BCUT2D eigenvalue weighted by molar-refractivity contribution is 0.251. The molecule has 106 valence electrons. The second-order valence-corrected chi connectivity index (χ2v) is 5.24. The molecule has 2 aromatic rings. The molecule has 2 rings (SSSR count). The summed E-state index contributed by atoms with van der Waals surface area (Å²) in [5.41, 5.74) is 1.99. The average Bonchev–Trinajstić information content (AvgIpc) is 2.94. The van der Waals surface area contributed by atoms with Crippen molar-refractivity contribution < 1.29 is 4.79 Å². The summed E-state index contributed by atoms with van der Waals surface area (Å²) in [5.74, 6) is 0. The first-order chi connectivity index (χ1) is 9.69. The molecule has 0 saturated carbocycles. The van der Waals surface area contributed by atoms with Gasteiger partial charge in [0.1, 0.15) is 0 Å². The van der Waals surface area contributed by atoms with Crippen LogP contribution < -0.4 is 16.0 Å². The van der Waals surface area contributed by atoms with Crippen molar-refractivity contribution in [1.29, 1.82) is 0 Å². The number of amides is 2. The van der Waals surface area contributed by atoms with Crippen LogP contribution in [0.2, 0.25) is 0 Å². The smallest absolute Gasteiger partial charge is 0.321 e. The zero-order valence-corrected chi connectivity index (χ0v) is 12.3. The van der Waals surface area contributed by atoms with Gasteiger partial charge in [-0.15, -0.1) is 11.3 Å². The summed E-state index contributed by atoms with van der Waals surface area (Å²) >= 11 is 1.42. The number of urea groups is 1. The molecule has 1 unspecified atom stereocenters. The lowest BCUT2D eigenvalue weighted by atomic mass is 10.2. The predicted octanol–water partition coefficient (Wildman–Crippen LogP) is 2.75. The number of anilines is 1. The third kappa shape index (κ3) is 4.04. The highest BCUT2D eigenvalue weighted by Gasteiger charge is 2.09. The van der Waals surface area contributed by atoms with Crippen molar-refractivity contribution in [2.45, 2.75) is 19.5 Å². The fourth-order valence-corrected chi connectivity index (χ4v) is 2.41. The molecule has 5 nitrogen and oxygen atoms in total. The molecule has 1 atom stereocenters. The molecule has 0 bridgehead atoms. The molecular formula is C14H18N4OS. The maximum Gasteiger partial charge on any atom is 0.321 e. The number of aromatic nitrogens is 1. The summed E-state index contributed by atoms with van der Waals surface area (Å²) in [6.07, 6.45) is 0. The van der Waals surface area contributed by atoms with Crippen molar-refractivity contribution >= 4 is 22.5 Å². The molecule has 20 heavy (non-hydrogen) atoms. The van der Waals surface area contributed by atoms with Gasteiger partial charge in [0.15, 0.2) is 5.13 Å². The van der Waals surface area contributed by atoms with Crippen molar-refractivity contribution in [2.24, 2.45) is 0 Å². The molecule has 1 aromatic carbocycles. The predicted molar refractivity (Wildman–Crippen MR) is 81.9 cm³/mol. The van der Waals surface area contributed by atoms with Crippen molar-refractivity contribution in [3.05, 3.63) is 47.0 Å². The molecule has 3 N–H and O–H groups in total. The van der Waals surface area contributed by atoms with E-state index in [0.29, 0.717) is 11.7 Å². The van der Waals surface area contributed by atoms with Gasteiger partial charge in [-0.05, 0) is 19.5 Å². The number of nitrogens with one attached hydrogen (secondary N) is 3. The number of thiazole rings is 1. The Balaban J connectivity index is 1.84. The number of hydrogen-bond donors (Lipinski definition) is 3. The summed E-state index contributed by atoms with van der Waals surface area (Å²) in [5, 5.41) is 11.2.